The summed E-state index contributed by atoms with van der Waals surface area (Å²) < 4.78 is 5.88. The third-order valence-corrected chi connectivity index (χ3v) is 7.69. The van der Waals surface area contributed by atoms with Gasteiger partial charge in [0, 0.05) is 16.4 Å². The molecule has 0 fully saturated rings. The Kier molecular flexibility index (Phi) is 5.29. The van der Waals surface area contributed by atoms with Gasteiger partial charge in [0.2, 0.25) is 0 Å². The van der Waals surface area contributed by atoms with Crippen LogP contribution < -0.4 is 4.74 Å². The molecule has 0 N–H and O–H groups in total. The minimum atomic E-state index is -0.626. The molecule has 0 aliphatic heterocycles. The lowest BCUT2D eigenvalue weighted by Crippen LogP contribution is -2.33. The monoisotopic (exact) mass is 491 g/mol. The van der Waals surface area contributed by atoms with Crippen molar-refractivity contribution in [2.24, 2.45) is 0 Å². The highest BCUT2D eigenvalue weighted by atomic mass is 16.5. The summed E-state index contributed by atoms with van der Waals surface area (Å²) in [5.41, 5.74) is 5.78. The summed E-state index contributed by atoms with van der Waals surface area (Å²) in [5.74, 6) is 0.299. The Hall–Kier alpha value is -4.76. The van der Waals surface area contributed by atoms with Gasteiger partial charge in [0.1, 0.15) is 5.75 Å². The van der Waals surface area contributed by atoms with E-state index in [0.717, 1.165) is 44.1 Å². The molecular formula is C35H25NO2. The number of pyridine rings is 1. The Balaban J connectivity index is 1.50. The summed E-state index contributed by atoms with van der Waals surface area (Å²) in [6, 6.07) is 43.0. The average Bonchev–Trinajstić information content (AvgIpc) is 3.21. The number of aromatic nitrogens is 1. The van der Waals surface area contributed by atoms with Gasteiger partial charge in [-0.15, -0.1) is 0 Å². The van der Waals surface area contributed by atoms with E-state index in [2.05, 4.69) is 78.9 Å². The molecule has 0 spiro atoms. The van der Waals surface area contributed by atoms with Crippen molar-refractivity contribution in [3.63, 3.8) is 0 Å². The van der Waals surface area contributed by atoms with E-state index >= 15 is 0 Å². The van der Waals surface area contributed by atoms with E-state index in [1.807, 2.05) is 48.5 Å². The van der Waals surface area contributed by atoms with Crippen LogP contribution in [-0.4, -0.2) is 11.0 Å². The molecule has 1 atom stereocenters. The molecule has 0 amide bonds. The number of rotatable bonds is 5. The Labute approximate surface area is 221 Å². The van der Waals surface area contributed by atoms with E-state index in [9.17, 15) is 4.79 Å². The van der Waals surface area contributed by atoms with Gasteiger partial charge in [-0.25, -0.2) is 4.98 Å². The minimum absolute atomic E-state index is 0.204. The van der Waals surface area contributed by atoms with Crippen LogP contribution in [0.2, 0.25) is 0 Å². The fraction of sp³-hybridized carbons (Fsp3) is 0.0857. The second kappa shape index (κ2) is 8.97. The van der Waals surface area contributed by atoms with E-state index in [1.165, 1.54) is 5.56 Å². The van der Waals surface area contributed by atoms with Crippen molar-refractivity contribution in [3.8, 4) is 17.0 Å². The van der Waals surface area contributed by atoms with Crippen LogP contribution in [0.15, 0.2) is 127 Å². The predicted octanol–water partition coefficient (Wildman–Crippen LogP) is 7.89. The summed E-state index contributed by atoms with van der Waals surface area (Å²) >= 11 is 0. The maximum Gasteiger partial charge on any atom is 0.312 e. The number of nitrogens with zero attached hydrogens (tertiary/aromatic N) is 1. The van der Waals surface area contributed by atoms with Crippen molar-refractivity contribution >= 4 is 27.6 Å². The molecule has 7 rings (SSSR count). The van der Waals surface area contributed by atoms with Gasteiger partial charge in [0.05, 0.1) is 17.6 Å². The Morgan fingerprint density at radius 1 is 0.684 bits per heavy atom. The third kappa shape index (κ3) is 3.67. The standard InChI is InChI=1S/C35H25NO2/c37-32(38-27-15-5-2-6-16-27)23-35(22-24-11-3-1-4-12-24)29-20-19-25-13-7-9-17-28(25)33(29)34-30(35)21-26-14-8-10-18-31(26)36-34/h1-21H,22-23H2. The molecule has 5 aromatic carbocycles. The summed E-state index contributed by atoms with van der Waals surface area (Å²) in [5, 5.41) is 3.38. The van der Waals surface area contributed by atoms with E-state index in [4.69, 9.17) is 9.72 Å². The summed E-state index contributed by atoms with van der Waals surface area (Å²) in [4.78, 5) is 18.9. The van der Waals surface area contributed by atoms with Gasteiger partial charge in [-0.3, -0.25) is 4.79 Å². The molecule has 38 heavy (non-hydrogen) atoms. The topological polar surface area (TPSA) is 39.2 Å². The van der Waals surface area contributed by atoms with Gasteiger partial charge in [-0.05, 0) is 58.1 Å². The van der Waals surface area contributed by atoms with Gasteiger partial charge >= 0.3 is 5.97 Å². The van der Waals surface area contributed by atoms with E-state index in [0.29, 0.717) is 12.2 Å². The zero-order valence-electron chi connectivity index (χ0n) is 20.8. The highest BCUT2D eigenvalue weighted by Gasteiger charge is 2.47. The van der Waals surface area contributed by atoms with Crippen LogP contribution in [0, 0.1) is 0 Å². The molecule has 0 saturated carbocycles. The highest BCUT2D eigenvalue weighted by Crippen LogP contribution is 2.54. The molecule has 182 valence electrons. The van der Waals surface area contributed by atoms with Gasteiger partial charge in [-0.2, -0.15) is 0 Å². The number of esters is 1. The summed E-state index contributed by atoms with van der Waals surface area (Å²) in [6.07, 6.45) is 0.866. The van der Waals surface area contributed by atoms with Crippen molar-refractivity contribution in [1.29, 1.82) is 0 Å². The first-order chi connectivity index (χ1) is 18.7. The minimum Gasteiger partial charge on any atom is -0.426 e. The van der Waals surface area contributed by atoms with E-state index in [1.54, 1.807) is 0 Å². The molecule has 0 radical (unpaired) electrons. The van der Waals surface area contributed by atoms with Crippen LogP contribution >= 0.6 is 0 Å². The largest absolute Gasteiger partial charge is 0.426 e. The van der Waals surface area contributed by atoms with Crippen LogP contribution in [0.1, 0.15) is 23.1 Å². The lowest BCUT2D eigenvalue weighted by atomic mass is 9.71. The third-order valence-electron chi connectivity index (χ3n) is 7.69. The lowest BCUT2D eigenvalue weighted by molar-refractivity contribution is -0.135. The molecule has 3 heteroatoms. The second-order valence-corrected chi connectivity index (χ2v) is 9.99. The highest BCUT2D eigenvalue weighted by molar-refractivity contribution is 6.03. The van der Waals surface area contributed by atoms with Gasteiger partial charge in [0.25, 0.3) is 0 Å². The van der Waals surface area contributed by atoms with Crippen LogP contribution in [0.4, 0.5) is 0 Å². The number of benzene rings is 5. The summed E-state index contributed by atoms with van der Waals surface area (Å²) in [6.45, 7) is 0. The molecule has 0 saturated heterocycles. The molecular weight excluding hydrogens is 466 g/mol. The number of fused-ring (bicyclic) bond motifs is 6. The molecule has 1 unspecified atom stereocenters. The van der Waals surface area contributed by atoms with Gasteiger partial charge in [0.15, 0.2) is 0 Å². The van der Waals surface area contributed by atoms with E-state index in [-0.39, 0.29) is 12.4 Å². The van der Waals surface area contributed by atoms with Gasteiger partial charge < -0.3 is 4.74 Å². The first kappa shape index (κ1) is 22.4. The predicted molar refractivity (Wildman–Crippen MR) is 152 cm³/mol. The maximum atomic E-state index is 13.7. The zero-order valence-corrected chi connectivity index (χ0v) is 20.8. The number of ether oxygens (including phenoxy) is 1. The van der Waals surface area contributed by atoms with Crippen molar-refractivity contribution in [1.82, 2.24) is 4.98 Å². The lowest BCUT2D eigenvalue weighted by Gasteiger charge is -2.31. The van der Waals surface area contributed by atoms with E-state index < -0.39 is 5.41 Å². The first-order valence-corrected chi connectivity index (χ1v) is 12.9. The number of carbonyl (C=O) groups is 1. The Morgan fingerprint density at radius 3 is 2.18 bits per heavy atom. The second-order valence-electron chi connectivity index (χ2n) is 9.99. The van der Waals surface area contributed by atoms with Crippen molar-refractivity contribution in [2.75, 3.05) is 0 Å². The molecule has 1 heterocycles. The van der Waals surface area contributed by atoms with Crippen LogP contribution in [-0.2, 0) is 16.6 Å². The number of hydrogen-bond acceptors (Lipinski definition) is 3. The molecule has 6 aromatic rings. The van der Waals surface area contributed by atoms with Crippen molar-refractivity contribution in [3.05, 3.63) is 144 Å². The fourth-order valence-corrected chi connectivity index (χ4v) is 6.03. The van der Waals surface area contributed by atoms with Crippen LogP contribution in [0.5, 0.6) is 5.75 Å². The van der Waals surface area contributed by atoms with Crippen LogP contribution in [0.25, 0.3) is 32.9 Å². The summed E-state index contributed by atoms with van der Waals surface area (Å²) in [7, 11) is 0. The molecule has 0 bridgehead atoms. The van der Waals surface area contributed by atoms with Gasteiger partial charge in [-0.1, -0.05) is 103 Å². The number of carbonyl (C=O) groups excluding carboxylic acids is 1. The Bertz CT molecular complexity index is 1810. The molecule has 1 aliphatic rings. The number of hydrogen-bond donors (Lipinski definition) is 0. The normalized spacial score (nSPS) is 15.8. The fourth-order valence-electron chi connectivity index (χ4n) is 6.03. The van der Waals surface area contributed by atoms with Crippen LogP contribution in [0.3, 0.4) is 0 Å². The quantitative estimate of drug-likeness (QED) is 0.182. The first-order valence-electron chi connectivity index (χ1n) is 12.9. The Morgan fingerprint density at radius 2 is 1.37 bits per heavy atom. The average molecular weight is 492 g/mol. The SMILES string of the molecule is O=C(CC1(Cc2ccccc2)c2cc3ccccc3nc2-c2c1ccc1ccccc21)Oc1ccccc1. The maximum absolute atomic E-state index is 13.7. The molecule has 3 nitrogen and oxygen atoms in total. The molecule has 1 aromatic heterocycles. The van der Waals surface area contributed by atoms with Crippen molar-refractivity contribution in [2.45, 2.75) is 18.3 Å². The smallest absolute Gasteiger partial charge is 0.312 e. The number of para-hydroxylation sites is 2. The molecule has 1 aliphatic carbocycles. The zero-order chi connectivity index (χ0) is 25.5. The van der Waals surface area contributed by atoms with Crippen molar-refractivity contribution < 1.29 is 9.53 Å².